The van der Waals surface area contributed by atoms with E-state index < -0.39 is 5.41 Å². The number of methoxy groups -OCH3 is 1. The minimum atomic E-state index is -0.397. The maximum absolute atomic E-state index is 11.7. The van der Waals surface area contributed by atoms with Gasteiger partial charge < -0.3 is 10.1 Å². The number of nitrogens with one attached hydrogen (secondary N) is 1. The van der Waals surface area contributed by atoms with E-state index in [1.807, 2.05) is 20.8 Å². The minimum Gasteiger partial charge on any atom is -0.496 e. The molecule has 3 nitrogen and oxygen atoms in total. The van der Waals surface area contributed by atoms with E-state index in [9.17, 15) is 4.79 Å². The third kappa shape index (κ3) is 3.93. The number of rotatable bonds is 3. The number of carbonyl (C=O) groups excluding carboxylic acids is 1. The summed E-state index contributed by atoms with van der Waals surface area (Å²) in [5.41, 5.74) is 0.476. The van der Waals surface area contributed by atoms with Crippen LogP contribution < -0.4 is 10.1 Å². The number of ether oxygens (including phenoxy) is 1. The monoisotopic (exact) mass is 255 g/mol. The molecule has 0 heterocycles. The number of benzene rings is 1. The van der Waals surface area contributed by atoms with Crippen molar-refractivity contribution in [1.29, 1.82) is 0 Å². The van der Waals surface area contributed by atoms with Gasteiger partial charge in [0, 0.05) is 22.5 Å². The van der Waals surface area contributed by atoms with Crippen LogP contribution in [-0.2, 0) is 11.3 Å². The standard InChI is InChI=1S/C13H18ClNO2/c1-13(2,3)12(16)15-8-9-7-10(14)5-6-11(9)17-4/h5-7H,8H2,1-4H3,(H,15,16). The van der Waals surface area contributed by atoms with Gasteiger partial charge in [-0.3, -0.25) is 4.79 Å². The lowest BCUT2D eigenvalue weighted by atomic mass is 9.95. The van der Waals surface area contributed by atoms with Crippen molar-refractivity contribution in [3.63, 3.8) is 0 Å². The molecule has 94 valence electrons. The first-order valence-corrected chi connectivity index (χ1v) is 5.83. The summed E-state index contributed by atoms with van der Waals surface area (Å²) in [6.07, 6.45) is 0. The first-order valence-electron chi connectivity index (χ1n) is 5.45. The van der Waals surface area contributed by atoms with Crippen LogP contribution in [0.4, 0.5) is 0 Å². The highest BCUT2D eigenvalue weighted by molar-refractivity contribution is 6.30. The van der Waals surface area contributed by atoms with Crippen LogP contribution in [0, 0.1) is 5.41 Å². The van der Waals surface area contributed by atoms with E-state index in [-0.39, 0.29) is 5.91 Å². The third-order valence-electron chi connectivity index (χ3n) is 2.36. The molecule has 0 radical (unpaired) electrons. The zero-order valence-corrected chi connectivity index (χ0v) is 11.4. The fourth-order valence-corrected chi connectivity index (χ4v) is 1.52. The molecule has 0 saturated heterocycles. The Labute approximate surface area is 107 Å². The SMILES string of the molecule is COc1ccc(Cl)cc1CNC(=O)C(C)(C)C. The highest BCUT2D eigenvalue weighted by Crippen LogP contribution is 2.23. The Balaban J connectivity index is 2.75. The quantitative estimate of drug-likeness (QED) is 0.902. The van der Waals surface area contributed by atoms with Crippen LogP contribution in [0.25, 0.3) is 0 Å². The normalized spacial score (nSPS) is 11.1. The van der Waals surface area contributed by atoms with Crippen molar-refractivity contribution in [1.82, 2.24) is 5.32 Å². The molecule has 1 amide bonds. The summed E-state index contributed by atoms with van der Waals surface area (Å²) >= 11 is 5.91. The van der Waals surface area contributed by atoms with Crippen molar-refractivity contribution < 1.29 is 9.53 Å². The van der Waals surface area contributed by atoms with Gasteiger partial charge in [0.15, 0.2) is 0 Å². The molecule has 1 aromatic carbocycles. The zero-order valence-electron chi connectivity index (χ0n) is 10.6. The van der Waals surface area contributed by atoms with Gasteiger partial charge in [-0.2, -0.15) is 0 Å². The predicted molar refractivity (Wildman–Crippen MR) is 69.3 cm³/mol. The van der Waals surface area contributed by atoms with Crippen LogP contribution >= 0.6 is 11.6 Å². The molecule has 0 unspecified atom stereocenters. The minimum absolute atomic E-state index is 0.000437. The van der Waals surface area contributed by atoms with Crippen LogP contribution in [0.1, 0.15) is 26.3 Å². The summed E-state index contributed by atoms with van der Waals surface area (Å²) in [6, 6.07) is 5.35. The van der Waals surface area contributed by atoms with Crippen LogP contribution in [-0.4, -0.2) is 13.0 Å². The molecule has 0 aliphatic heterocycles. The summed E-state index contributed by atoms with van der Waals surface area (Å²) in [5.74, 6) is 0.725. The highest BCUT2D eigenvalue weighted by Gasteiger charge is 2.20. The average Bonchev–Trinajstić information content (AvgIpc) is 2.24. The Hall–Kier alpha value is -1.22. The van der Waals surface area contributed by atoms with Gasteiger partial charge in [-0.05, 0) is 18.2 Å². The average molecular weight is 256 g/mol. The first kappa shape index (κ1) is 13.8. The van der Waals surface area contributed by atoms with E-state index >= 15 is 0 Å². The number of hydrogen-bond acceptors (Lipinski definition) is 2. The third-order valence-corrected chi connectivity index (χ3v) is 2.60. The fraction of sp³-hybridized carbons (Fsp3) is 0.462. The fourth-order valence-electron chi connectivity index (χ4n) is 1.33. The molecule has 17 heavy (non-hydrogen) atoms. The molecule has 0 aromatic heterocycles. The second-order valence-corrected chi connectivity index (χ2v) is 5.33. The molecular formula is C13H18ClNO2. The van der Waals surface area contributed by atoms with Crippen LogP contribution in [0.2, 0.25) is 5.02 Å². The van der Waals surface area contributed by atoms with E-state index in [1.165, 1.54) is 0 Å². The van der Waals surface area contributed by atoms with Gasteiger partial charge in [-0.25, -0.2) is 0 Å². The molecule has 0 saturated carbocycles. The second-order valence-electron chi connectivity index (χ2n) is 4.89. The molecule has 0 fully saturated rings. The van der Waals surface area contributed by atoms with E-state index in [2.05, 4.69) is 5.32 Å². The summed E-state index contributed by atoms with van der Waals surface area (Å²) in [4.78, 5) is 11.7. The topological polar surface area (TPSA) is 38.3 Å². The molecule has 0 atom stereocenters. The number of amides is 1. The predicted octanol–water partition coefficient (Wildman–Crippen LogP) is 3.01. The molecular weight excluding hydrogens is 238 g/mol. The molecule has 1 N–H and O–H groups in total. The number of hydrogen-bond donors (Lipinski definition) is 1. The van der Waals surface area contributed by atoms with E-state index in [4.69, 9.17) is 16.3 Å². The van der Waals surface area contributed by atoms with Gasteiger partial charge >= 0.3 is 0 Å². The smallest absolute Gasteiger partial charge is 0.225 e. The summed E-state index contributed by atoms with van der Waals surface area (Å²) in [7, 11) is 1.60. The maximum atomic E-state index is 11.7. The van der Waals surface area contributed by atoms with Crippen molar-refractivity contribution in [2.45, 2.75) is 27.3 Å². The molecule has 4 heteroatoms. The molecule has 1 aromatic rings. The van der Waals surface area contributed by atoms with E-state index in [0.717, 1.165) is 11.3 Å². The summed E-state index contributed by atoms with van der Waals surface area (Å²) < 4.78 is 5.21. The highest BCUT2D eigenvalue weighted by atomic mass is 35.5. The van der Waals surface area contributed by atoms with Crippen LogP contribution in [0.3, 0.4) is 0 Å². The van der Waals surface area contributed by atoms with E-state index in [0.29, 0.717) is 11.6 Å². The molecule has 0 aliphatic carbocycles. The first-order chi connectivity index (χ1) is 7.84. The van der Waals surface area contributed by atoms with Crippen molar-refractivity contribution in [2.24, 2.45) is 5.41 Å². The van der Waals surface area contributed by atoms with Gasteiger partial charge in [-0.15, -0.1) is 0 Å². The van der Waals surface area contributed by atoms with Crippen molar-refractivity contribution >= 4 is 17.5 Å². The zero-order chi connectivity index (χ0) is 13.1. The molecule has 0 aliphatic rings. The van der Waals surface area contributed by atoms with Crippen LogP contribution in [0.15, 0.2) is 18.2 Å². The summed E-state index contributed by atoms with van der Waals surface area (Å²) in [5, 5.41) is 3.49. The number of carbonyl (C=O) groups is 1. The van der Waals surface area contributed by atoms with Gasteiger partial charge in [0.05, 0.1) is 7.11 Å². The Kier molecular flexibility index (Phi) is 4.40. The Morgan fingerprint density at radius 3 is 2.59 bits per heavy atom. The van der Waals surface area contributed by atoms with Crippen molar-refractivity contribution in [2.75, 3.05) is 7.11 Å². The molecule has 0 spiro atoms. The van der Waals surface area contributed by atoms with Gasteiger partial charge in [0.25, 0.3) is 0 Å². The van der Waals surface area contributed by atoms with Crippen molar-refractivity contribution in [3.05, 3.63) is 28.8 Å². The maximum Gasteiger partial charge on any atom is 0.225 e. The lowest BCUT2D eigenvalue weighted by molar-refractivity contribution is -0.128. The Morgan fingerprint density at radius 1 is 1.41 bits per heavy atom. The lowest BCUT2D eigenvalue weighted by Gasteiger charge is -2.18. The molecule has 1 rings (SSSR count). The van der Waals surface area contributed by atoms with Gasteiger partial charge in [0.2, 0.25) is 5.91 Å². The Morgan fingerprint density at radius 2 is 2.06 bits per heavy atom. The summed E-state index contributed by atoms with van der Waals surface area (Å²) in [6.45, 7) is 6.03. The molecule has 0 bridgehead atoms. The van der Waals surface area contributed by atoms with Gasteiger partial charge in [0.1, 0.15) is 5.75 Å². The van der Waals surface area contributed by atoms with Crippen molar-refractivity contribution in [3.8, 4) is 5.75 Å². The van der Waals surface area contributed by atoms with Gasteiger partial charge in [-0.1, -0.05) is 32.4 Å². The number of halogens is 1. The van der Waals surface area contributed by atoms with Crippen LogP contribution in [0.5, 0.6) is 5.75 Å². The second kappa shape index (κ2) is 5.41. The van der Waals surface area contributed by atoms with E-state index in [1.54, 1.807) is 25.3 Å². The largest absolute Gasteiger partial charge is 0.496 e. The Bertz CT molecular complexity index is 410. The lowest BCUT2D eigenvalue weighted by Crippen LogP contribution is -2.34.